The molecule has 1 saturated heterocycles. The highest BCUT2D eigenvalue weighted by atomic mass is 32.2. The molecule has 1 unspecified atom stereocenters. The van der Waals surface area contributed by atoms with Crippen LogP contribution in [0, 0.1) is 6.92 Å². The number of nitrogens with zero attached hydrogens (tertiary/aromatic N) is 3. The van der Waals surface area contributed by atoms with Crippen LogP contribution in [-0.2, 0) is 6.42 Å². The van der Waals surface area contributed by atoms with Crippen LogP contribution in [0.5, 0.6) is 0 Å². The molecule has 0 radical (unpaired) electrons. The minimum absolute atomic E-state index is 0.588. The number of piperazine rings is 1. The van der Waals surface area contributed by atoms with Crippen LogP contribution < -0.4 is 4.90 Å². The standard InChI is InChI=1S/C21H25N3S/c1-17-7-9-18(10-8-17)15-20-16-22-21(25-20)24-13-11-23(12-14-24)19-5-3-2-4-6-19/h2-10,20H,11-16H2,1H3. The number of hydrogen-bond acceptors (Lipinski definition) is 4. The lowest BCUT2D eigenvalue weighted by Crippen LogP contribution is -2.47. The SMILES string of the molecule is Cc1ccc(CC2CN=C(N3CCN(c4ccccc4)CC3)S2)cc1. The molecule has 4 rings (SSSR count). The molecule has 4 heteroatoms. The summed E-state index contributed by atoms with van der Waals surface area (Å²) in [5, 5.41) is 1.84. The fourth-order valence-electron chi connectivity index (χ4n) is 3.47. The topological polar surface area (TPSA) is 18.8 Å². The fourth-order valence-corrected chi connectivity index (χ4v) is 4.67. The van der Waals surface area contributed by atoms with E-state index < -0.39 is 0 Å². The Hall–Kier alpha value is -1.94. The van der Waals surface area contributed by atoms with E-state index >= 15 is 0 Å². The second-order valence-corrected chi connectivity index (χ2v) is 8.13. The van der Waals surface area contributed by atoms with Crippen molar-refractivity contribution in [3.63, 3.8) is 0 Å². The Kier molecular flexibility index (Phi) is 4.97. The van der Waals surface area contributed by atoms with Crippen LogP contribution in [0.4, 0.5) is 5.69 Å². The molecule has 0 saturated carbocycles. The zero-order valence-electron chi connectivity index (χ0n) is 14.8. The third-order valence-corrected chi connectivity index (χ3v) is 6.20. The van der Waals surface area contributed by atoms with Gasteiger partial charge >= 0.3 is 0 Å². The summed E-state index contributed by atoms with van der Waals surface area (Å²) < 4.78 is 0. The lowest BCUT2D eigenvalue weighted by Gasteiger charge is -2.37. The number of amidine groups is 1. The average Bonchev–Trinajstić information content (AvgIpc) is 3.13. The van der Waals surface area contributed by atoms with E-state index in [4.69, 9.17) is 4.99 Å². The molecule has 2 aromatic carbocycles. The molecule has 2 aromatic rings. The number of rotatable bonds is 3. The average molecular weight is 352 g/mol. The van der Waals surface area contributed by atoms with E-state index in [0.717, 1.165) is 39.1 Å². The molecule has 2 aliphatic heterocycles. The molecular formula is C21H25N3S. The molecule has 2 heterocycles. The number of hydrogen-bond donors (Lipinski definition) is 0. The molecule has 0 aromatic heterocycles. The van der Waals surface area contributed by atoms with Crippen LogP contribution in [-0.4, -0.2) is 48.0 Å². The van der Waals surface area contributed by atoms with E-state index in [0.29, 0.717) is 5.25 Å². The van der Waals surface area contributed by atoms with Gasteiger partial charge in [0.1, 0.15) is 0 Å². The summed E-state index contributed by atoms with van der Waals surface area (Å²) in [7, 11) is 0. The maximum Gasteiger partial charge on any atom is 0.159 e. The molecule has 2 aliphatic rings. The summed E-state index contributed by atoms with van der Waals surface area (Å²) in [6.45, 7) is 7.38. The fraction of sp³-hybridized carbons (Fsp3) is 0.381. The van der Waals surface area contributed by atoms with Crippen molar-refractivity contribution >= 4 is 22.6 Å². The highest BCUT2D eigenvalue weighted by molar-refractivity contribution is 8.14. The van der Waals surface area contributed by atoms with Crippen molar-refractivity contribution in [1.82, 2.24) is 4.90 Å². The summed E-state index contributed by atoms with van der Waals surface area (Å²) in [6.07, 6.45) is 1.11. The molecule has 25 heavy (non-hydrogen) atoms. The van der Waals surface area contributed by atoms with Crippen LogP contribution in [0.3, 0.4) is 0 Å². The summed E-state index contributed by atoms with van der Waals surface area (Å²) in [4.78, 5) is 9.78. The van der Waals surface area contributed by atoms with E-state index in [1.807, 2.05) is 11.8 Å². The number of para-hydroxylation sites is 1. The molecule has 1 fully saturated rings. The number of anilines is 1. The Morgan fingerprint density at radius 2 is 1.60 bits per heavy atom. The van der Waals surface area contributed by atoms with E-state index in [1.165, 1.54) is 22.0 Å². The Bertz CT molecular complexity index is 719. The minimum atomic E-state index is 0.588. The first kappa shape index (κ1) is 16.5. The van der Waals surface area contributed by atoms with Crippen LogP contribution >= 0.6 is 11.8 Å². The molecule has 3 nitrogen and oxygen atoms in total. The highest BCUT2D eigenvalue weighted by Gasteiger charge is 2.26. The molecule has 0 bridgehead atoms. The van der Waals surface area contributed by atoms with Gasteiger partial charge in [-0.25, -0.2) is 0 Å². The lowest BCUT2D eigenvalue weighted by molar-refractivity contribution is 0.392. The zero-order chi connectivity index (χ0) is 17.1. The van der Waals surface area contributed by atoms with Crippen LogP contribution in [0.2, 0.25) is 0 Å². The Morgan fingerprint density at radius 1 is 0.920 bits per heavy atom. The van der Waals surface area contributed by atoms with Gasteiger partial charge in [-0.2, -0.15) is 0 Å². The van der Waals surface area contributed by atoms with Crippen LogP contribution in [0.25, 0.3) is 0 Å². The quantitative estimate of drug-likeness (QED) is 0.837. The van der Waals surface area contributed by atoms with Gasteiger partial charge in [0.25, 0.3) is 0 Å². The van der Waals surface area contributed by atoms with Gasteiger partial charge in [-0.05, 0) is 31.0 Å². The van der Waals surface area contributed by atoms with Crippen molar-refractivity contribution in [2.45, 2.75) is 18.6 Å². The summed E-state index contributed by atoms with van der Waals surface area (Å²) in [5.41, 5.74) is 4.09. The monoisotopic (exact) mass is 351 g/mol. The van der Waals surface area contributed by atoms with E-state index in [2.05, 4.69) is 71.3 Å². The van der Waals surface area contributed by atoms with Crippen LogP contribution in [0.15, 0.2) is 59.6 Å². The van der Waals surface area contributed by atoms with Crippen molar-refractivity contribution in [3.05, 3.63) is 65.7 Å². The number of benzene rings is 2. The van der Waals surface area contributed by atoms with E-state index in [9.17, 15) is 0 Å². The first-order chi connectivity index (χ1) is 12.3. The smallest absolute Gasteiger partial charge is 0.159 e. The first-order valence-corrected chi connectivity index (χ1v) is 9.97. The Balaban J connectivity index is 1.29. The zero-order valence-corrected chi connectivity index (χ0v) is 15.6. The van der Waals surface area contributed by atoms with Crippen molar-refractivity contribution in [2.24, 2.45) is 4.99 Å². The van der Waals surface area contributed by atoms with Crippen molar-refractivity contribution in [1.29, 1.82) is 0 Å². The molecule has 0 spiro atoms. The van der Waals surface area contributed by atoms with Crippen molar-refractivity contribution < 1.29 is 0 Å². The molecule has 0 aliphatic carbocycles. The molecule has 130 valence electrons. The number of thioether (sulfide) groups is 1. The largest absolute Gasteiger partial charge is 0.368 e. The predicted molar refractivity (Wildman–Crippen MR) is 109 cm³/mol. The molecular weight excluding hydrogens is 326 g/mol. The predicted octanol–water partition coefficient (Wildman–Crippen LogP) is 3.83. The Morgan fingerprint density at radius 3 is 2.32 bits per heavy atom. The van der Waals surface area contributed by atoms with Gasteiger partial charge in [0.05, 0.1) is 6.54 Å². The van der Waals surface area contributed by atoms with Gasteiger partial charge in [0.15, 0.2) is 5.17 Å². The van der Waals surface area contributed by atoms with Crippen molar-refractivity contribution in [3.8, 4) is 0 Å². The Labute approximate surface area is 154 Å². The maximum absolute atomic E-state index is 4.84. The second-order valence-electron chi connectivity index (χ2n) is 6.86. The summed E-state index contributed by atoms with van der Waals surface area (Å²) in [5.74, 6) is 0. The van der Waals surface area contributed by atoms with Gasteiger partial charge < -0.3 is 9.80 Å². The second kappa shape index (κ2) is 7.52. The molecule has 1 atom stereocenters. The summed E-state index contributed by atoms with van der Waals surface area (Å²) >= 11 is 1.97. The van der Waals surface area contributed by atoms with Gasteiger partial charge in [-0.3, -0.25) is 4.99 Å². The number of aryl methyl sites for hydroxylation is 1. The van der Waals surface area contributed by atoms with E-state index in [1.54, 1.807) is 0 Å². The normalized spacial score (nSPS) is 20.7. The van der Waals surface area contributed by atoms with Crippen molar-refractivity contribution in [2.75, 3.05) is 37.6 Å². The van der Waals surface area contributed by atoms with Gasteiger partial charge in [-0.1, -0.05) is 59.8 Å². The number of aliphatic imine (C=N–C) groups is 1. The third kappa shape index (κ3) is 4.01. The maximum atomic E-state index is 4.84. The van der Waals surface area contributed by atoms with Gasteiger partial charge in [-0.15, -0.1) is 0 Å². The first-order valence-electron chi connectivity index (χ1n) is 9.09. The molecule has 0 N–H and O–H groups in total. The van der Waals surface area contributed by atoms with Gasteiger partial charge in [0.2, 0.25) is 0 Å². The lowest BCUT2D eigenvalue weighted by atomic mass is 10.1. The highest BCUT2D eigenvalue weighted by Crippen LogP contribution is 2.27. The van der Waals surface area contributed by atoms with Crippen LogP contribution in [0.1, 0.15) is 11.1 Å². The van der Waals surface area contributed by atoms with E-state index in [-0.39, 0.29) is 0 Å². The molecule has 0 amide bonds. The summed E-state index contributed by atoms with van der Waals surface area (Å²) in [6, 6.07) is 19.7. The third-order valence-electron chi connectivity index (χ3n) is 4.96. The van der Waals surface area contributed by atoms with Gasteiger partial charge in [0, 0.05) is 37.1 Å². The minimum Gasteiger partial charge on any atom is -0.368 e.